The number of ether oxygens (including phenoxy) is 2. The van der Waals surface area contributed by atoms with Crippen LogP contribution in [0.2, 0.25) is 0 Å². The monoisotopic (exact) mass is 392 g/mol. The standard InChI is InChI=1S/C15H25IN2O2/c1-11(2)18(3)7-6-17-10-12-8-13(16)15(20-5)14(9-12)19-4/h8-9,11,17H,6-7,10H2,1-5H3. The van der Waals surface area contributed by atoms with Gasteiger partial charge in [0.15, 0.2) is 11.5 Å². The molecule has 0 aliphatic carbocycles. The maximum Gasteiger partial charge on any atom is 0.174 e. The number of hydrogen-bond acceptors (Lipinski definition) is 4. The number of benzene rings is 1. The number of methoxy groups -OCH3 is 2. The Morgan fingerprint density at radius 2 is 1.95 bits per heavy atom. The summed E-state index contributed by atoms with van der Waals surface area (Å²) in [5.41, 5.74) is 1.21. The molecule has 1 rings (SSSR count). The Morgan fingerprint density at radius 3 is 2.50 bits per heavy atom. The summed E-state index contributed by atoms with van der Waals surface area (Å²) in [5, 5.41) is 3.46. The Balaban J connectivity index is 2.54. The van der Waals surface area contributed by atoms with Gasteiger partial charge in [0, 0.05) is 25.7 Å². The zero-order chi connectivity index (χ0) is 15.1. The third-order valence-corrected chi connectivity index (χ3v) is 4.15. The minimum atomic E-state index is 0.582. The van der Waals surface area contributed by atoms with Gasteiger partial charge in [0.25, 0.3) is 0 Å². The van der Waals surface area contributed by atoms with Gasteiger partial charge in [0.2, 0.25) is 0 Å². The molecule has 0 aliphatic rings. The third-order valence-electron chi connectivity index (χ3n) is 3.35. The minimum absolute atomic E-state index is 0.582. The number of halogens is 1. The van der Waals surface area contributed by atoms with Crippen molar-refractivity contribution in [2.45, 2.75) is 26.4 Å². The molecule has 20 heavy (non-hydrogen) atoms. The third kappa shape index (κ3) is 5.10. The molecule has 0 heterocycles. The van der Waals surface area contributed by atoms with Crippen LogP contribution in [0.3, 0.4) is 0 Å². The number of likely N-dealkylation sites (N-methyl/N-ethyl adjacent to an activating group) is 1. The van der Waals surface area contributed by atoms with Crippen molar-refractivity contribution >= 4 is 22.6 Å². The lowest BCUT2D eigenvalue weighted by Crippen LogP contribution is -2.33. The van der Waals surface area contributed by atoms with E-state index in [4.69, 9.17) is 9.47 Å². The summed E-state index contributed by atoms with van der Waals surface area (Å²) in [4.78, 5) is 2.32. The summed E-state index contributed by atoms with van der Waals surface area (Å²) in [7, 11) is 5.48. The Hall–Kier alpha value is -0.530. The molecule has 0 spiro atoms. The average Bonchev–Trinajstić information content (AvgIpc) is 2.42. The van der Waals surface area contributed by atoms with E-state index in [0.29, 0.717) is 6.04 Å². The number of nitrogens with zero attached hydrogens (tertiary/aromatic N) is 1. The molecule has 4 nitrogen and oxygen atoms in total. The smallest absolute Gasteiger partial charge is 0.174 e. The van der Waals surface area contributed by atoms with Crippen molar-refractivity contribution in [2.24, 2.45) is 0 Å². The molecular formula is C15H25IN2O2. The molecule has 114 valence electrons. The quantitative estimate of drug-likeness (QED) is 0.545. The zero-order valence-electron chi connectivity index (χ0n) is 13.0. The normalized spacial score (nSPS) is 11.2. The molecule has 0 amide bonds. The van der Waals surface area contributed by atoms with E-state index in [1.807, 2.05) is 6.07 Å². The summed E-state index contributed by atoms with van der Waals surface area (Å²) in [6.07, 6.45) is 0. The van der Waals surface area contributed by atoms with Crippen LogP contribution in [0.5, 0.6) is 11.5 Å². The molecule has 1 aromatic carbocycles. The molecule has 0 unspecified atom stereocenters. The maximum absolute atomic E-state index is 5.37. The molecule has 1 N–H and O–H groups in total. The summed E-state index contributed by atoms with van der Waals surface area (Å²) < 4.78 is 11.8. The summed E-state index contributed by atoms with van der Waals surface area (Å²) in [6, 6.07) is 4.74. The zero-order valence-corrected chi connectivity index (χ0v) is 15.2. The van der Waals surface area contributed by atoms with Gasteiger partial charge in [-0.1, -0.05) is 0 Å². The SMILES string of the molecule is COc1cc(CNCCN(C)C(C)C)cc(I)c1OC. The fourth-order valence-electron chi connectivity index (χ4n) is 1.82. The molecule has 0 aromatic heterocycles. The van der Waals surface area contributed by atoms with Crippen LogP contribution >= 0.6 is 22.6 Å². The van der Waals surface area contributed by atoms with Gasteiger partial charge in [-0.25, -0.2) is 0 Å². The van der Waals surface area contributed by atoms with Gasteiger partial charge in [-0.05, 0) is 61.2 Å². The molecule has 0 radical (unpaired) electrons. The first-order valence-corrected chi connectivity index (χ1v) is 7.88. The molecule has 5 heteroatoms. The van der Waals surface area contributed by atoms with E-state index in [1.54, 1.807) is 14.2 Å². The van der Waals surface area contributed by atoms with Crippen LogP contribution in [0, 0.1) is 3.57 Å². The van der Waals surface area contributed by atoms with E-state index in [0.717, 1.165) is 34.7 Å². The van der Waals surface area contributed by atoms with Crippen LogP contribution in [0.1, 0.15) is 19.4 Å². The van der Waals surface area contributed by atoms with E-state index in [-0.39, 0.29) is 0 Å². The largest absolute Gasteiger partial charge is 0.493 e. The lowest BCUT2D eigenvalue weighted by atomic mass is 10.2. The maximum atomic E-state index is 5.37. The highest BCUT2D eigenvalue weighted by Crippen LogP contribution is 2.33. The molecule has 0 fully saturated rings. The van der Waals surface area contributed by atoms with Crippen molar-refractivity contribution in [3.05, 3.63) is 21.3 Å². The van der Waals surface area contributed by atoms with Crippen molar-refractivity contribution in [3.63, 3.8) is 0 Å². The van der Waals surface area contributed by atoms with Crippen LogP contribution in [-0.4, -0.2) is 45.3 Å². The summed E-state index contributed by atoms with van der Waals surface area (Å²) >= 11 is 2.27. The second-order valence-electron chi connectivity index (χ2n) is 5.06. The van der Waals surface area contributed by atoms with Crippen LogP contribution in [0.4, 0.5) is 0 Å². The van der Waals surface area contributed by atoms with Gasteiger partial charge >= 0.3 is 0 Å². The van der Waals surface area contributed by atoms with Crippen LogP contribution in [0.25, 0.3) is 0 Å². The fraction of sp³-hybridized carbons (Fsp3) is 0.600. The van der Waals surface area contributed by atoms with Crippen LogP contribution in [0.15, 0.2) is 12.1 Å². The van der Waals surface area contributed by atoms with Gasteiger partial charge in [-0.3, -0.25) is 0 Å². The lowest BCUT2D eigenvalue weighted by molar-refractivity contribution is 0.273. The molecule has 0 saturated carbocycles. The van der Waals surface area contributed by atoms with Crippen LogP contribution < -0.4 is 14.8 Å². The predicted octanol–water partition coefficient (Wildman–Crippen LogP) is 2.74. The van der Waals surface area contributed by atoms with Crippen molar-refractivity contribution in [3.8, 4) is 11.5 Å². The number of nitrogens with one attached hydrogen (secondary N) is 1. The van der Waals surface area contributed by atoms with E-state index >= 15 is 0 Å². The number of rotatable bonds is 8. The topological polar surface area (TPSA) is 33.7 Å². The second kappa shape index (κ2) is 8.69. The Morgan fingerprint density at radius 1 is 1.25 bits per heavy atom. The van der Waals surface area contributed by atoms with Crippen molar-refractivity contribution in [2.75, 3.05) is 34.4 Å². The van der Waals surface area contributed by atoms with Crippen molar-refractivity contribution in [1.82, 2.24) is 10.2 Å². The number of hydrogen-bond donors (Lipinski definition) is 1. The average molecular weight is 392 g/mol. The molecule has 0 atom stereocenters. The fourth-order valence-corrected chi connectivity index (χ4v) is 2.71. The summed E-state index contributed by atoms with van der Waals surface area (Å²) in [6.45, 7) is 7.26. The Kier molecular flexibility index (Phi) is 7.61. The Labute approximate surface area is 136 Å². The predicted molar refractivity (Wildman–Crippen MR) is 91.7 cm³/mol. The first-order chi connectivity index (χ1) is 9.49. The van der Waals surface area contributed by atoms with Gasteiger partial charge in [0.05, 0.1) is 17.8 Å². The highest BCUT2D eigenvalue weighted by molar-refractivity contribution is 14.1. The second-order valence-corrected chi connectivity index (χ2v) is 6.23. The first kappa shape index (κ1) is 17.5. The van der Waals surface area contributed by atoms with Gasteiger partial charge < -0.3 is 19.7 Å². The van der Waals surface area contributed by atoms with Gasteiger partial charge in [-0.15, -0.1) is 0 Å². The highest BCUT2D eigenvalue weighted by atomic mass is 127. The summed E-state index contributed by atoms with van der Waals surface area (Å²) in [5.74, 6) is 1.59. The molecule has 0 aliphatic heterocycles. The molecule has 1 aromatic rings. The van der Waals surface area contributed by atoms with Crippen LogP contribution in [-0.2, 0) is 6.54 Å². The minimum Gasteiger partial charge on any atom is -0.493 e. The molecule has 0 saturated heterocycles. The lowest BCUT2D eigenvalue weighted by Gasteiger charge is -2.21. The van der Waals surface area contributed by atoms with E-state index < -0.39 is 0 Å². The highest BCUT2D eigenvalue weighted by Gasteiger charge is 2.10. The first-order valence-electron chi connectivity index (χ1n) is 6.81. The molecule has 0 bridgehead atoms. The van der Waals surface area contributed by atoms with E-state index in [1.165, 1.54) is 5.56 Å². The van der Waals surface area contributed by atoms with Crippen molar-refractivity contribution < 1.29 is 9.47 Å². The van der Waals surface area contributed by atoms with E-state index in [2.05, 4.69) is 59.8 Å². The Bertz CT molecular complexity index is 425. The van der Waals surface area contributed by atoms with Gasteiger partial charge in [0.1, 0.15) is 0 Å². The van der Waals surface area contributed by atoms with Crippen molar-refractivity contribution in [1.29, 1.82) is 0 Å². The van der Waals surface area contributed by atoms with Gasteiger partial charge in [-0.2, -0.15) is 0 Å². The molecular weight excluding hydrogens is 367 g/mol. The van der Waals surface area contributed by atoms with E-state index in [9.17, 15) is 0 Å².